The molecule has 0 saturated carbocycles. The van der Waals surface area contributed by atoms with Gasteiger partial charge in [-0.15, -0.1) is 4.40 Å². The molecule has 3 aromatic rings. The number of halogens is 1. The number of fused-ring (bicyclic) bond motifs is 1. The standard InChI is InChI=1S/C21H20BrN3O4S/c1-13-17-11-14(22)8-9-18(17)29-20(13)21(26)23-15-5-3-6-16(12-15)30(27,28)24-19-7-4-10-25(19)2/h3,5-6,8-9,11-12H,4,7,10H2,1-2H3,(H,23,26). The summed E-state index contributed by atoms with van der Waals surface area (Å²) >= 11 is 3.42. The fourth-order valence-electron chi connectivity index (χ4n) is 3.43. The van der Waals surface area contributed by atoms with Crippen molar-refractivity contribution in [2.24, 2.45) is 4.40 Å². The number of benzene rings is 2. The fourth-order valence-corrected chi connectivity index (χ4v) is 4.93. The number of amidine groups is 1. The first-order valence-electron chi connectivity index (χ1n) is 9.39. The maximum atomic E-state index is 12.8. The third kappa shape index (κ3) is 3.99. The number of sulfonamides is 1. The van der Waals surface area contributed by atoms with Gasteiger partial charge in [-0.3, -0.25) is 4.79 Å². The molecule has 0 spiro atoms. The zero-order valence-electron chi connectivity index (χ0n) is 16.5. The summed E-state index contributed by atoms with van der Waals surface area (Å²) in [5, 5.41) is 3.56. The van der Waals surface area contributed by atoms with Crippen molar-refractivity contribution < 1.29 is 17.6 Å². The van der Waals surface area contributed by atoms with Crippen molar-refractivity contribution in [2.75, 3.05) is 18.9 Å². The molecule has 1 saturated heterocycles. The van der Waals surface area contributed by atoms with Gasteiger partial charge in [0.15, 0.2) is 5.76 Å². The highest BCUT2D eigenvalue weighted by Gasteiger charge is 2.22. The van der Waals surface area contributed by atoms with Crippen LogP contribution in [0.3, 0.4) is 0 Å². The smallest absolute Gasteiger partial charge is 0.291 e. The molecule has 2 heterocycles. The lowest BCUT2D eigenvalue weighted by Gasteiger charge is -2.11. The number of anilines is 1. The summed E-state index contributed by atoms with van der Waals surface area (Å²) < 4.78 is 36.0. The van der Waals surface area contributed by atoms with E-state index in [1.807, 2.05) is 31.0 Å². The highest BCUT2D eigenvalue weighted by Crippen LogP contribution is 2.29. The highest BCUT2D eigenvalue weighted by molar-refractivity contribution is 9.10. The summed E-state index contributed by atoms with van der Waals surface area (Å²) in [5.74, 6) is 0.286. The van der Waals surface area contributed by atoms with Crippen molar-refractivity contribution in [1.29, 1.82) is 0 Å². The van der Waals surface area contributed by atoms with Crippen LogP contribution in [-0.2, 0) is 10.0 Å². The van der Waals surface area contributed by atoms with E-state index in [1.54, 1.807) is 18.2 Å². The van der Waals surface area contributed by atoms with E-state index >= 15 is 0 Å². The molecule has 0 radical (unpaired) electrons. The Morgan fingerprint density at radius 2 is 2.03 bits per heavy atom. The lowest BCUT2D eigenvalue weighted by atomic mass is 10.1. The molecular weight excluding hydrogens is 470 g/mol. The summed E-state index contributed by atoms with van der Waals surface area (Å²) in [6.45, 7) is 2.60. The number of aryl methyl sites for hydroxylation is 1. The van der Waals surface area contributed by atoms with Gasteiger partial charge < -0.3 is 14.6 Å². The Morgan fingerprint density at radius 3 is 2.77 bits per heavy atom. The van der Waals surface area contributed by atoms with Gasteiger partial charge in [0.05, 0.1) is 4.90 Å². The molecule has 9 heteroatoms. The minimum atomic E-state index is -3.87. The molecular formula is C21H20BrN3O4S. The Labute approximate surface area is 183 Å². The van der Waals surface area contributed by atoms with Gasteiger partial charge in [0.1, 0.15) is 11.4 Å². The van der Waals surface area contributed by atoms with Crippen LogP contribution < -0.4 is 5.32 Å². The molecule has 7 nitrogen and oxygen atoms in total. The molecule has 156 valence electrons. The van der Waals surface area contributed by atoms with Crippen molar-refractivity contribution in [2.45, 2.75) is 24.7 Å². The number of amides is 1. The van der Waals surface area contributed by atoms with E-state index in [-0.39, 0.29) is 10.7 Å². The average Bonchev–Trinajstić information content (AvgIpc) is 3.25. The average molecular weight is 490 g/mol. The lowest BCUT2D eigenvalue weighted by molar-refractivity contribution is 0.0998. The second kappa shape index (κ2) is 7.88. The summed E-state index contributed by atoms with van der Waals surface area (Å²) in [6, 6.07) is 11.6. The first-order valence-corrected chi connectivity index (χ1v) is 11.6. The zero-order valence-corrected chi connectivity index (χ0v) is 18.9. The third-order valence-corrected chi connectivity index (χ3v) is 6.85. The largest absolute Gasteiger partial charge is 0.451 e. The number of rotatable bonds is 4. The van der Waals surface area contributed by atoms with Gasteiger partial charge in [0.2, 0.25) is 0 Å². The second-order valence-electron chi connectivity index (χ2n) is 7.19. The number of carbonyl (C=O) groups excluding carboxylic acids is 1. The molecule has 0 unspecified atom stereocenters. The van der Waals surface area contributed by atoms with Crippen molar-refractivity contribution in [3.63, 3.8) is 0 Å². The summed E-state index contributed by atoms with van der Waals surface area (Å²) in [5.41, 5.74) is 1.67. The van der Waals surface area contributed by atoms with E-state index in [4.69, 9.17) is 4.42 Å². The molecule has 2 aromatic carbocycles. The normalized spacial score (nSPS) is 15.8. The Bertz CT molecular complexity index is 1280. The molecule has 30 heavy (non-hydrogen) atoms. The Balaban J connectivity index is 1.61. The Kier molecular flexibility index (Phi) is 5.42. The molecule has 1 aromatic heterocycles. The maximum absolute atomic E-state index is 12.8. The molecule has 1 amide bonds. The van der Waals surface area contributed by atoms with Gasteiger partial charge in [-0.2, -0.15) is 8.42 Å². The minimum absolute atomic E-state index is 0.0263. The van der Waals surface area contributed by atoms with Crippen molar-refractivity contribution in [1.82, 2.24) is 4.90 Å². The SMILES string of the molecule is Cc1c(C(=O)Nc2cccc(S(=O)(=O)N=C3CCCN3C)c2)oc2ccc(Br)cc12. The molecule has 0 bridgehead atoms. The van der Waals surface area contributed by atoms with Gasteiger partial charge >= 0.3 is 0 Å². The van der Waals surface area contributed by atoms with E-state index in [0.717, 1.165) is 22.8 Å². The molecule has 1 aliphatic heterocycles. The van der Waals surface area contributed by atoms with Crippen molar-refractivity contribution >= 4 is 54.4 Å². The van der Waals surface area contributed by atoms with Crippen LogP contribution in [-0.4, -0.2) is 38.7 Å². The van der Waals surface area contributed by atoms with Gasteiger partial charge in [-0.25, -0.2) is 0 Å². The molecule has 4 rings (SSSR count). The van der Waals surface area contributed by atoms with E-state index in [0.29, 0.717) is 29.1 Å². The summed E-state index contributed by atoms with van der Waals surface area (Å²) in [6.07, 6.45) is 1.52. The number of furan rings is 1. The molecule has 1 aliphatic rings. The van der Waals surface area contributed by atoms with Crippen LogP contribution in [0.15, 0.2) is 60.6 Å². The number of carbonyl (C=O) groups is 1. The number of nitrogens with one attached hydrogen (secondary N) is 1. The van der Waals surface area contributed by atoms with E-state index in [9.17, 15) is 13.2 Å². The topological polar surface area (TPSA) is 92.0 Å². The Morgan fingerprint density at radius 1 is 1.23 bits per heavy atom. The van der Waals surface area contributed by atoms with Gasteiger partial charge in [-0.05, 0) is 49.7 Å². The van der Waals surface area contributed by atoms with Gasteiger partial charge in [-0.1, -0.05) is 22.0 Å². The van der Waals surface area contributed by atoms with Crippen LogP contribution >= 0.6 is 15.9 Å². The molecule has 0 atom stereocenters. The number of nitrogens with zero attached hydrogens (tertiary/aromatic N) is 2. The lowest BCUT2D eigenvalue weighted by Crippen LogP contribution is -2.20. The monoisotopic (exact) mass is 489 g/mol. The van der Waals surface area contributed by atoms with Crippen molar-refractivity contribution in [3.8, 4) is 0 Å². The van der Waals surface area contributed by atoms with Crippen LogP contribution in [0.25, 0.3) is 11.0 Å². The van der Waals surface area contributed by atoms with Gasteiger partial charge in [0.25, 0.3) is 15.9 Å². The quantitative estimate of drug-likeness (QED) is 0.579. The first-order chi connectivity index (χ1) is 14.2. The maximum Gasteiger partial charge on any atom is 0.291 e. The Hall–Kier alpha value is -2.65. The predicted octanol–water partition coefficient (Wildman–Crippen LogP) is 4.57. The molecule has 1 N–H and O–H groups in total. The summed E-state index contributed by atoms with van der Waals surface area (Å²) in [7, 11) is -2.04. The predicted molar refractivity (Wildman–Crippen MR) is 120 cm³/mol. The number of hydrogen-bond acceptors (Lipinski definition) is 4. The second-order valence-corrected chi connectivity index (χ2v) is 9.71. The minimum Gasteiger partial charge on any atom is -0.451 e. The number of hydrogen-bond donors (Lipinski definition) is 1. The summed E-state index contributed by atoms with van der Waals surface area (Å²) in [4.78, 5) is 14.6. The van der Waals surface area contributed by atoms with E-state index in [1.165, 1.54) is 12.1 Å². The zero-order chi connectivity index (χ0) is 21.5. The van der Waals surface area contributed by atoms with Crippen LogP contribution in [0.1, 0.15) is 29.0 Å². The van der Waals surface area contributed by atoms with Crippen LogP contribution in [0, 0.1) is 6.92 Å². The van der Waals surface area contributed by atoms with Crippen LogP contribution in [0.2, 0.25) is 0 Å². The van der Waals surface area contributed by atoms with Crippen LogP contribution in [0.5, 0.6) is 0 Å². The van der Waals surface area contributed by atoms with Crippen molar-refractivity contribution in [3.05, 3.63) is 58.3 Å². The van der Waals surface area contributed by atoms with Gasteiger partial charge in [0, 0.05) is 41.1 Å². The highest BCUT2D eigenvalue weighted by atomic mass is 79.9. The van der Waals surface area contributed by atoms with E-state index in [2.05, 4.69) is 25.6 Å². The third-order valence-electron chi connectivity index (χ3n) is 5.05. The van der Waals surface area contributed by atoms with E-state index < -0.39 is 15.9 Å². The first kappa shape index (κ1) is 20.6. The molecule has 1 fully saturated rings. The fraction of sp³-hybridized carbons (Fsp3) is 0.238. The molecule has 0 aliphatic carbocycles. The number of likely N-dealkylation sites (tertiary alicyclic amines) is 1. The van der Waals surface area contributed by atoms with Crippen LogP contribution in [0.4, 0.5) is 5.69 Å².